The molecule has 6 nitrogen and oxygen atoms in total. The normalized spacial score (nSPS) is 15.6. The Labute approximate surface area is 200 Å². The summed E-state index contributed by atoms with van der Waals surface area (Å²) in [5.74, 6) is 2.12. The Morgan fingerprint density at radius 3 is 2.74 bits per heavy atom. The fraction of sp³-hybridized carbons (Fsp3) is 0.321. The molecule has 2 atom stereocenters. The standard InChI is InChI=1S/C28H31NO5/c1-19(18-32-22-8-4-3-5-9-22)16-29-17-24-12-11-21-15-23(13-14-26(21)33-24)34-27-20(2)7-6-10-25(27)28(30)31/h3-10,13-15,19,24,29H,11-12,16-18H2,1-2H3,(H,30,31). The SMILES string of the molecule is Cc1cccc(C(=O)O)c1Oc1ccc2c(c1)CCC(CNCC(C)COc1ccccc1)O2. The van der Waals surface area contributed by atoms with Gasteiger partial charge in [0.25, 0.3) is 0 Å². The maximum atomic E-state index is 11.5. The first-order chi connectivity index (χ1) is 16.5. The van der Waals surface area contributed by atoms with E-state index in [2.05, 4.69) is 12.2 Å². The molecule has 6 heteroatoms. The average Bonchev–Trinajstić information content (AvgIpc) is 2.84. The second-order valence-corrected chi connectivity index (χ2v) is 8.79. The second-order valence-electron chi connectivity index (χ2n) is 8.79. The lowest BCUT2D eigenvalue weighted by atomic mass is 10.0. The van der Waals surface area contributed by atoms with E-state index >= 15 is 0 Å². The monoisotopic (exact) mass is 461 g/mol. The van der Waals surface area contributed by atoms with Crippen LogP contribution in [0.2, 0.25) is 0 Å². The van der Waals surface area contributed by atoms with Crippen LogP contribution in [0.5, 0.6) is 23.0 Å². The summed E-state index contributed by atoms with van der Waals surface area (Å²) < 4.78 is 18.0. The number of carboxylic acids is 1. The number of para-hydroxylation sites is 2. The van der Waals surface area contributed by atoms with Crippen LogP contribution in [0, 0.1) is 12.8 Å². The predicted molar refractivity (Wildman–Crippen MR) is 131 cm³/mol. The van der Waals surface area contributed by atoms with Gasteiger partial charge in [-0.2, -0.15) is 0 Å². The Bertz CT molecular complexity index is 1120. The molecule has 34 heavy (non-hydrogen) atoms. The van der Waals surface area contributed by atoms with Crippen molar-refractivity contribution >= 4 is 5.97 Å². The van der Waals surface area contributed by atoms with E-state index in [1.54, 1.807) is 12.1 Å². The number of benzene rings is 3. The van der Waals surface area contributed by atoms with Crippen molar-refractivity contribution in [3.63, 3.8) is 0 Å². The van der Waals surface area contributed by atoms with Gasteiger partial charge in [-0.3, -0.25) is 0 Å². The molecule has 0 spiro atoms. The minimum absolute atomic E-state index is 0.108. The van der Waals surface area contributed by atoms with Crippen LogP contribution in [0.15, 0.2) is 66.7 Å². The molecule has 0 fully saturated rings. The van der Waals surface area contributed by atoms with Gasteiger partial charge in [-0.15, -0.1) is 0 Å². The molecule has 2 N–H and O–H groups in total. The number of aromatic carboxylic acids is 1. The number of hydrogen-bond acceptors (Lipinski definition) is 5. The number of hydrogen-bond donors (Lipinski definition) is 2. The average molecular weight is 462 g/mol. The van der Waals surface area contributed by atoms with E-state index in [0.717, 1.165) is 48.6 Å². The molecule has 0 aromatic heterocycles. The zero-order chi connectivity index (χ0) is 23.9. The molecule has 0 saturated heterocycles. The zero-order valence-electron chi connectivity index (χ0n) is 19.6. The van der Waals surface area contributed by atoms with E-state index < -0.39 is 5.97 Å². The summed E-state index contributed by atoms with van der Waals surface area (Å²) in [6.45, 7) is 6.31. The molecule has 1 aliphatic heterocycles. The third kappa shape index (κ3) is 6.08. The van der Waals surface area contributed by atoms with E-state index in [1.807, 2.05) is 61.5 Å². The highest BCUT2D eigenvalue weighted by Gasteiger charge is 2.21. The topological polar surface area (TPSA) is 77.0 Å². The predicted octanol–water partition coefficient (Wildman–Crippen LogP) is 5.48. The van der Waals surface area contributed by atoms with Gasteiger partial charge in [0.05, 0.1) is 6.61 Å². The lowest BCUT2D eigenvalue weighted by molar-refractivity contribution is 0.0694. The summed E-state index contributed by atoms with van der Waals surface area (Å²) in [6, 6.07) is 20.7. The molecule has 2 unspecified atom stereocenters. The fourth-order valence-electron chi connectivity index (χ4n) is 4.01. The lowest BCUT2D eigenvalue weighted by Crippen LogP contribution is -2.36. The molecule has 1 heterocycles. The number of carboxylic acid groups (broad SMARTS) is 1. The van der Waals surface area contributed by atoms with Crippen molar-refractivity contribution in [2.75, 3.05) is 19.7 Å². The van der Waals surface area contributed by atoms with Gasteiger partial charge in [0, 0.05) is 19.0 Å². The van der Waals surface area contributed by atoms with Crippen molar-refractivity contribution in [2.45, 2.75) is 32.8 Å². The summed E-state index contributed by atoms with van der Waals surface area (Å²) in [6.07, 6.45) is 1.89. The molecule has 3 aromatic rings. The number of fused-ring (bicyclic) bond motifs is 1. The Hall–Kier alpha value is -3.51. The van der Waals surface area contributed by atoms with Crippen molar-refractivity contribution in [2.24, 2.45) is 5.92 Å². The van der Waals surface area contributed by atoms with E-state index in [1.165, 1.54) is 0 Å². The summed E-state index contributed by atoms with van der Waals surface area (Å²) in [4.78, 5) is 11.5. The highest BCUT2D eigenvalue weighted by atomic mass is 16.5. The van der Waals surface area contributed by atoms with Crippen molar-refractivity contribution in [1.82, 2.24) is 5.32 Å². The molecule has 4 rings (SSSR count). The van der Waals surface area contributed by atoms with E-state index in [9.17, 15) is 9.90 Å². The molecule has 0 amide bonds. The highest BCUT2D eigenvalue weighted by Crippen LogP contribution is 2.34. The molecular formula is C28H31NO5. The van der Waals surface area contributed by atoms with Gasteiger partial charge in [-0.05, 0) is 67.3 Å². The molecule has 0 bridgehead atoms. The van der Waals surface area contributed by atoms with E-state index in [4.69, 9.17) is 14.2 Å². The smallest absolute Gasteiger partial charge is 0.339 e. The Kier molecular flexibility index (Phi) is 7.70. The first-order valence-electron chi connectivity index (χ1n) is 11.7. The van der Waals surface area contributed by atoms with E-state index in [0.29, 0.717) is 24.0 Å². The number of rotatable bonds is 10. The Morgan fingerprint density at radius 2 is 1.94 bits per heavy atom. The van der Waals surface area contributed by atoms with Crippen LogP contribution < -0.4 is 19.5 Å². The summed E-state index contributed by atoms with van der Waals surface area (Å²) in [5, 5.41) is 13.0. The third-order valence-corrected chi connectivity index (χ3v) is 5.87. The fourth-order valence-corrected chi connectivity index (χ4v) is 4.01. The quantitative estimate of drug-likeness (QED) is 0.416. The number of nitrogens with one attached hydrogen (secondary N) is 1. The van der Waals surface area contributed by atoms with Crippen LogP contribution >= 0.6 is 0 Å². The zero-order valence-corrected chi connectivity index (χ0v) is 19.6. The van der Waals surface area contributed by atoms with Gasteiger partial charge < -0.3 is 24.6 Å². The maximum Gasteiger partial charge on any atom is 0.339 e. The molecular weight excluding hydrogens is 430 g/mol. The summed E-state index contributed by atoms with van der Waals surface area (Å²) in [7, 11) is 0. The summed E-state index contributed by atoms with van der Waals surface area (Å²) in [5.41, 5.74) is 2.01. The van der Waals surface area contributed by atoms with Gasteiger partial charge in [-0.25, -0.2) is 4.79 Å². The van der Waals surface area contributed by atoms with Crippen molar-refractivity contribution in [3.8, 4) is 23.0 Å². The molecule has 178 valence electrons. The van der Waals surface area contributed by atoms with Crippen LogP contribution in [0.3, 0.4) is 0 Å². The largest absolute Gasteiger partial charge is 0.493 e. The van der Waals surface area contributed by atoms with Crippen LogP contribution in [0.1, 0.15) is 34.8 Å². The van der Waals surface area contributed by atoms with Crippen LogP contribution in [-0.4, -0.2) is 36.9 Å². The van der Waals surface area contributed by atoms with Gasteiger partial charge >= 0.3 is 5.97 Å². The lowest BCUT2D eigenvalue weighted by Gasteiger charge is -2.27. The minimum atomic E-state index is -1.00. The van der Waals surface area contributed by atoms with Crippen molar-refractivity contribution < 1.29 is 24.1 Å². The van der Waals surface area contributed by atoms with Crippen molar-refractivity contribution in [1.29, 1.82) is 0 Å². The van der Waals surface area contributed by atoms with Gasteiger partial charge in [0.2, 0.25) is 0 Å². The number of ether oxygens (including phenoxy) is 3. The Morgan fingerprint density at radius 1 is 1.12 bits per heavy atom. The van der Waals surface area contributed by atoms with Crippen LogP contribution in [0.25, 0.3) is 0 Å². The highest BCUT2D eigenvalue weighted by molar-refractivity contribution is 5.91. The molecule has 3 aromatic carbocycles. The maximum absolute atomic E-state index is 11.5. The molecule has 0 radical (unpaired) electrons. The number of carbonyl (C=O) groups is 1. The molecule has 0 aliphatic carbocycles. The first-order valence-corrected chi connectivity index (χ1v) is 11.7. The third-order valence-electron chi connectivity index (χ3n) is 5.87. The summed E-state index contributed by atoms with van der Waals surface area (Å²) >= 11 is 0. The van der Waals surface area contributed by atoms with Gasteiger partial charge in [-0.1, -0.05) is 37.3 Å². The van der Waals surface area contributed by atoms with Gasteiger partial charge in [0.1, 0.15) is 34.7 Å². The van der Waals surface area contributed by atoms with E-state index in [-0.39, 0.29) is 11.7 Å². The van der Waals surface area contributed by atoms with Crippen molar-refractivity contribution in [3.05, 3.63) is 83.4 Å². The van der Waals surface area contributed by atoms with Crippen LogP contribution in [0.4, 0.5) is 0 Å². The Balaban J connectivity index is 1.27. The number of aryl methyl sites for hydroxylation is 2. The van der Waals surface area contributed by atoms with Gasteiger partial charge in [0.15, 0.2) is 0 Å². The minimum Gasteiger partial charge on any atom is -0.493 e. The van der Waals surface area contributed by atoms with Crippen LogP contribution in [-0.2, 0) is 6.42 Å². The molecule has 1 aliphatic rings. The first kappa shape index (κ1) is 23.6. The second kappa shape index (κ2) is 11.1. The molecule has 0 saturated carbocycles.